The summed E-state index contributed by atoms with van der Waals surface area (Å²) in [6, 6.07) is 4.39. The van der Waals surface area contributed by atoms with Gasteiger partial charge in [-0.15, -0.1) is 0 Å². The first-order valence-electron chi connectivity index (χ1n) is 12.3. The highest BCUT2D eigenvalue weighted by Gasteiger charge is 2.45. The number of piperidine rings is 1. The predicted molar refractivity (Wildman–Crippen MR) is 125 cm³/mol. The molecule has 2 fully saturated rings. The van der Waals surface area contributed by atoms with E-state index in [0.29, 0.717) is 24.7 Å². The third-order valence-corrected chi connectivity index (χ3v) is 6.83. The summed E-state index contributed by atoms with van der Waals surface area (Å²) in [6.07, 6.45) is 9.05. The first-order chi connectivity index (χ1) is 16.5. The van der Waals surface area contributed by atoms with Crippen molar-refractivity contribution in [3.05, 3.63) is 29.3 Å². The molecule has 1 aromatic rings. The second kappa shape index (κ2) is 10.8. The number of nitrogens with zero attached hydrogens (tertiary/aromatic N) is 1. The molecule has 0 spiro atoms. The van der Waals surface area contributed by atoms with Gasteiger partial charge in [0.25, 0.3) is 11.8 Å². The lowest BCUT2D eigenvalue weighted by Crippen LogP contribution is -2.54. The number of carbonyl (C=O) groups excluding carboxylic acids is 5. The highest BCUT2D eigenvalue weighted by Crippen LogP contribution is 2.32. The Balaban J connectivity index is 1.25. The van der Waals surface area contributed by atoms with Gasteiger partial charge in [-0.25, -0.2) is 0 Å². The van der Waals surface area contributed by atoms with E-state index in [1.165, 1.54) is 19.3 Å². The van der Waals surface area contributed by atoms with Crippen LogP contribution < -0.4 is 16.0 Å². The normalized spacial score (nSPS) is 20.8. The Labute approximate surface area is 199 Å². The number of benzene rings is 1. The van der Waals surface area contributed by atoms with Crippen molar-refractivity contribution in [2.75, 3.05) is 11.9 Å². The fourth-order valence-electron chi connectivity index (χ4n) is 5.02. The van der Waals surface area contributed by atoms with Crippen LogP contribution in [-0.2, 0) is 14.4 Å². The minimum absolute atomic E-state index is 0.0909. The molecule has 1 atom stereocenters. The lowest BCUT2D eigenvalue weighted by Gasteiger charge is -2.27. The maximum Gasteiger partial charge on any atom is 0.264 e. The Bertz CT molecular complexity index is 986. The van der Waals surface area contributed by atoms with E-state index in [-0.39, 0.29) is 29.9 Å². The van der Waals surface area contributed by atoms with Crippen LogP contribution in [0.25, 0.3) is 0 Å². The Morgan fingerprint density at radius 1 is 0.971 bits per heavy atom. The molecule has 5 amide bonds. The van der Waals surface area contributed by atoms with Crippen molar-refractivity contribution >= 4 is 35.2 Å². The summed E-state index contributed by atoms with van der Waals surface area (Å²) in [6.45, 7) is 0.598. The first-order valence-corrected chi connectivity index (χ1v) is 12.3. The van der Waals surface area contributed by atoms with Crippen LogP contribution in [0, 0.1) is 0 Å². The number of fused-ring (bicyclic) bond motifs is 1. The van der Waals surface area contributed by atoms with Crippen LogP contribution >= 0.6 is 0 Å². The zero-order chi connectivity index (χ0) is 24.1. The van der Waals surface area contributed by atoms with Crippen LogP contribution in [0.2, 0.25) is 0 Å². The Morgan fingerprint density at radius 2 is 1.76 bits per heavy atom. The van der Waals surface area contributed by atoms with Crippen molar-refractivity contribution in [2.45, 2.75) is 82.7 Å². The van der Waals surface area contributed by atoms with Crippen molar-refractivity contribution < 1.29 is 24.0 Å². The van der Waals surface area contributed by atoms with Gasteiger partial charge in [-0.05, 0) is 44.2 Å². The van der Waals surface area contributed by atoms with Gasteiger partial charge in [0.1, 0.15) is 6.04 Å². The number of carbonyl (C=O) groups is 5. The van der Waals surface area contributed by atoms with Gasteiger partial charge in [0.15, 0.2) is 0 Å². The summed E-state index contributed by atoms with van der Waals surface area (Å²) in [5, 5.41) is 8.58. The molecule has 182 valence electrons. The number of rotatable bonds is 9. The molecule has 4 rings (SSSR count). The lowest BCUT2D eigenvalue weighted by atomic mass is 9.95. The van der Waals surface area contributed by atoms with Crippen LogP contribution in [-0.4, -0.2) is 53.1 Å². The lowest BCUT2D eigenvalue weighted by molar-refractivity contribution is -0.136. The van der Waals surface area contributed by atoms with Gasteiger partial charge >= 0.3 is 0 Å². The monoisotopic (exact) mass is 468 g/mol. The van der Waals surface area contributed by atoms with Gasteiger partial charge < -0.3 is 10.6 Å². The molecule has 1 saturated carbocycles. The highest BCUT2D eigenvalue weighted by molar-refractivity contribution is 6.25. The van der Waals surface area contributed by atoms with E-state index in [9.17, 15) is 24.0 Å². The first kappa shape index (κ1) is 23.9. The Kier molecular flexibility index (Phi) is 7.59. The highest BCUT2D eigenvalue weighted by atomic mass is 16.2. The van der Waals surface area contributed by atoms with Gasteiger partial charge in [0.05, 0.1) is 11.1 Å². The van der Waals surface area contributed by atoms with Crippen molar-refractivity contribution in [3.8, 4) is 0 Å². The molecule has 1 unspecified atom stereocenters. The van der Waals surface area contributed by atoms with Crippen molar-refractivity contribution in [1.82, 2.24) is 15.5 Å². The maximum absolute atomic E-state index is 13.1. The Hall–Kier alpha value is -3.23. The zero-order valence-electron chi connectivity index (χ0n) is 19.4. The van der Waals surface area contributed by atoms with Crippen LogP contribution in [0.3, 0.4) is 0 Å². The topological polar surface area (TPSA) is 125 Å². The molecular formula is C25H32N4O5. The summed E-state index contributed by atoms with van der Waals surface area (Å²) < 4.78 is 0. The molecule has 3 aliphatic rings. The number of nitrogens with one attached hydrogen (secondary N) is 3. The predicted octanol–water partition coefficient (Wildman–Crippen LogP) is 2.51. The maximum atomic E-state index is 13.1. The molecular weight excluding hydrogens is 436 g/mol. The van der Waals surface area contributed by atoms with Crippen molar-refractivity contribution in [3.63, 3.8) is 0 Å². The SMILES string of the molecule is O=C1CCC(N2C(=O)c3cccc(NCCCCCC(=O)NC4CCCCC4)c3C2=O)C(=O)N1. The average molecular weight is 469 g/mol. The molecule has 0 bridgehead atoms. The van der Waals surface area contributed by atoms with Crippen LogP contribution in [0.15, 0.2) is 18.2 Å². The molecule has 0 aromatic heterocycles. The van der Waals surface area contributed by atoms with E-state index in [4.69, 9.17) is 0 Å². The van der Waals surface area contributed by atoms with E-state index >= 15 is 0 Å². The molecule has 3 N–H and O–H groups in total. The summed E-state index contributed by atoms with van der Waals surface area (Å²) in [5.74, 6) is -1.92. The number of hydrogen-bond acceptors (Lipinski definition) is 6. The van der Waals surface area contributed by atoms with E-state index < -0.39 is 29.7 Å². The summed E-state index contributed by atoms with van der Waals surface area (Å²) in [7, 11) is 0. The van der Waals surface area contributed by atoms with Gasteiger partial charge in [0.2, 0.25) is 17.7 Å². The van der Waals surface area contributed by atoms with Crippen molar-refractivity contribution in [2.24, 2.45) is 0 Å². The number of hydrogen-bond donors (Lipinski definition) is 3. The second-order valence-electron chi connectivity index (χ2n) is 9.32. The molecule has 9 heteroatoms. The molecule has 2 heterocycles. The minimum atomic E-state index is -0.974. The van der Waals surface area contributed by atoms with Gasteiger partial charge in [0, 0.05) is 31.1 Å². The quantitative estimate of drug-likeness (QED) is 0.378. The van der Waals surface area contributed by atoms with Crippen molar-refractivity contribution in [1.29, 1.82) is 0 Å². The number of unbranched alkanes of at least 4 members (excludes halogenated alkanes) is 2. The van der Waals surface area contributed by atoms with E-state index in [1.807, 2.05) is 0 Å². The third-order valence-electron chi connectivity index (χ3n) is 6.83. The van der Waals surface area contributed by atoms with E-state index in [0.717, 1.165) is 37.0 Å². The molecule has 34 heavy (non-hydrogen) atoms. The molecule has 1 aliphatic carbocycles. The van der Waals surface area contributed by atoms with E-state index in [2.05, 4.69) is 16.0 Å². The molecule has 0 radical (unpaired) electrons. The van der Waals surface area contributed by atoms with Crippen LogP contribution in [0.5, 0.6) is 0 Å². The largest absolute Gasteiger partial charge is 0.384 e. The molecule has 1 saturated heterocycles. The summed E-state index contributed by atoms with van der Waals surface area (Å²) >= 11 is 0. The molecule has 2 aliphatic heterocycles. The third kappa shape index (κ3) is 5.29. The standard InChI is InChI=1S/C25H32N4O5/c30-20(27-16-8-3-1-4-9-16)12-5-2-6-15-26-18-11-7-10-17-22(18)25(34)29(24(17)33)19-13-14-21(31)28-23(19)32/h7,10-11,16,19,26H,1-6,8-9,12-15H2,(H,27,30)(H,28,31,32). The fraction of sp³-hybridized carbons (Fsp3) is 0.560. The van der Waals surface area contributed by atoms with Crippen LogP contribution in [0.4, 0.5) is 5.69 Å². The molecule has 9 nitrogen and oxygen atoms in total. The number of imide groups is 2. The number of amides is 5. The van der Waals surface area contributed by atoms with Gasteiger partial charge in [-0.3, -0.25) is 34.2 Å². The summed E-state index contributed by atoms with van der Waals surface area (Å²) in [4.78, 5) is 62.7. The smallest absolute Gasteiger partial charge is 0.264 e. The zero-order valence-corrected chi connectivity index (χ0v) is 19.4. The second-order valence-corrected chi connectivity index (χ2v) is 9.32. The minimum Gasteiger partial charge on any atom is -0.384 e. The molecule has 1 aromatic carbocycles. The Morgan fingerprint density at radius 3 is 2.53 bits per heavy atom. The summed E-state index contributed by atoms with van der Waals surface area (Å²) in [5.41, 5.74) is 1.09. The van der Waals surface area contributed by atoms with Gasteiger partial charge in [-0.2, -0.15) is 0 Å². The number of anilines is 1. The van der Waals surface area contributed by atoms with E-state index in [1.54, 1.807) is 18.2 Å². The average Bonchev–Trinajstić information content (AvgIpc) is 3.07. The van der Waals surface area contributed by atoms with Crippen LogP contribution in [0.1, 0.15) is 91.3 Å². The fourth-order valence-corrected chi connectivity index (χ4v) is 5.02. The van der Waals surface area contributed by atoms with Gasteiger partial charge in [-0.1, -0.05) is 31.7 Å².